The number of hydrogen-bond donors (Lipinski definition) is 2. The first-order valence-electron chi connectivity index (χ1n) is 24.1. The molecule has 0 aliphatic rings. The van der Waals surface area contributed by atoms with Crippen LogP contribution in [-0.4, -0.2) is 9.55 Å². The van der Waals surface area contributed by atoms with Crippen LogP contribution in [0.1, 0.15) is 78.0 Å². The zero-order valence-corrected chi connectivity index (χ0v) is 40.9. The molecule has 2 N–H and O–H groups in total. The smallest absolute Gasteiger partial charge is 0.137 e. The van der Waals surface area contributed by atoms with Gasteiger partial charge >= 0.3 is 0 Å². The van der Waals surface area contributed by atoms with Crippen LogP contribution in [0.3, 0.4) is 0 Å². The minimum absolute atomic E-state index is 0.0206. The molecule has 5 heteroatoms. The number of benzene rings is 8. The van der Waals surface area contributed by atoms with Crippen molar-refractivity contribution in [3.63, 3.8) is 0 Å². The van der Waals surface area contributed by atoms with E-state index in [2.05, 4.69) is 253 Å². The Kier molecular flexibility index (Phi) is 11.9. The normalized spacial score (nSPS) is 11.9. The fourth-order valence-corrected chi connectivity index (χ4v) is 9.38. The molecule has 0 saturated carbocycles. The average molecular weight is 901 g/mol. The summed E-state index contributed by atoms with van der Waals surface area (Å²) in [5.74, 6) is 2.65. The second kappa shape index (κ2) is 18.3. The minimum Gasteiger partial charge on any atom is -0.457 e. The van der Waals surface area contributed by atoms with E-state index in [0.717, 1.165) is 78.7 Å². The summed E-state index contributed by atoms with van der Waals surface area (Å²) in [7, 11) is 0. The quantitative estimate of drug-likeness (QED) is 0.136. The Morgan fingerprint density at radius 3 is 1.70 bits per heavy atom. The molecular formula is C64H60N4O. The Bertz CT molecular complexity index is 3430. The fraction of sp³-hybridized carbons (Fsp3) is 0.172. The molecule has 10 aromatic rings. The van der Waals surface area contributed by atoms with Gasteiger partial charge in [0.15, 0.2) is 0 Å². The molecule has 0 unspecified atom stereocenters. The minimum atomic E-state index is -0.0206. The second-order valence-electron chi connectivity index (χ2n) is 20.5. The fourth-order valence-electron chi connectivity index (χ4n) is 9.38. The van der Waals surface area contributed by atoms with Gasteiger partial charge in [-0.3, -0.25) is 4.57 Å². The van der Waals surface area contributed by atoms with E-state index in [1.54, 1.807) is 0 Å². The number of nitrogens with one attached hydrogen (secondary N) is 2. The average Bonchev–Trinajstić information content (AvgIpc) is 3.68. The molecule has 0 saturated heterocycles. The molecule has 0 spiro atoms. The van der Waals surface area contributed by atoms with Crippen molar-refractivity contribution in [2.45, 2.75) is 72.1 Å². The van der Waals surface area contributed by atoms with Crippen LogP contribution in [0.4, 0.5) is 22.7 Å². The summed E-state index contributed by atoms with van der Waals surface area (Å²) in [6.07, 6.45) is 2.03. The maximum absolute atomic E-state index is 6.72. The zero-order valence-electron chi connectivity index (χ0n) is 40.9. The first-order valence-corrected chi connectivity index (χ1v) is 24.1. The molecule has 0 fully saturated rings. The van der Waals surface area contributed by atoms with E-state index in [1.807, 2.05) is 18.3 Å². The van der Waals surface area contributed by atoms with Crippen molar-refractivity contribution in [1.82, 2.24) is 9.55 Å². The molecule has 8 aromatic carbocycles. The Labute approximate surface area is 407 Å². The first kappa shape index (κ1) is 44.9. The van der Waals surface area contributed by atoms with Crippen LogP contribution >= 0.6 is 0 Å². The van der Waals surface area contributed by atoms with Gasteiger partial charge in [-0.15, -0.1) is 0 Å². The van der Waals surface area contributed by atoms with Crippen LogP contribution in [0.15, 0.2) is 200 Å². The van der Waals surface area contributed by atoms with Crippen molar-refractivity contribution >= 4 is 44.6 Å². The van der Waals surface area contributed by atoms with Gasteiger partial charge in [-0.25, -0.2) is 4.98 Å². The van der Waals surface area contributed by atoms with Crippen molar-refractivity contribution < 1.29 is 4.74 Å². The number of anilines is 4. The van der Waals surface area contributed by atoms with Crippen molar-refractivity contribution in [3.8, 4) is 50.7 Å². The number of aromatic nitrogens is 2. The van der Waals surface area contributed by atoms with Crippen molar-refractivity contribution in [1.29, 1.82) is 0 Å². The number of nitrogens with zero attached hydrogens (tertiary/aromatic N) is 2. The van der Waals surface area contributed by atoms with E-state index in [-0.39, 0.29) is 10.8 Å². The van der Waals surface area contributed by atoms with Gasteiger partial charge < -0.3 is 15.4 Å². The van der Waals surface area contributed by atoms with Gasteiger partial charge in [0.2, 0.25) is 0 Å². The number of fused-ring (bicyclic) bond motifs is 3. The lowest BCUT2D eigenvalue weighted by Gasteiger charge is -2.27. The molecule has 0 radical (unpaired) electrons. The van der Waals surface area contributed by atoms with Crippen LogP contribution < -0.4 is 15.4 Å². The molecule has 10 rings (SSSR count). The van der Waals surface area contributed by atoms with E-state index >= 15 is 0 Å². The van der Waals surface area contributed by atoms with Crippen LogP contribution in [-0.2, 0) is 10.8 Å². The van der Waals surface area contributed by atoms with Crippen LogP contribution in [0.25, 0.3) is 61.0 Å². The van der Waals surface area contributed by atoms with Crippen LogP contribution in [0, 0.1) is 0 Å². The number of ether oxygens (including phenoxy) is 1. The van der Waals surface area contributed by atoms with E-state index in [4.69, 9.17) is 9.72 Å². The third-order valence-electron chi connectivity index (χ3n) is 13.2. The maximum Gasteiger partial charge on any atom is 0.137 e. The molecule has 69 heavy (non-hydrogen) atoms. The van der Waals surface area contributed by atoms with Gasteiger partial charge in [0.25, 0.3) is 0 Å². The highest BCUT2D eigenvalue weighted by atomic mass is 16.5. The molecular weight excluding hydrogens is 841 g/mol. The molecule has 0 atom stereocenters. The van der Waals surface area contributed by atoms with Crippen molar-refractivity contribution in [2.75, 3.05) is 10.6 Å². The summed E-state index contributed by atoms with van der Waals surface area (Å²) in [6, 6.07) is 68.8. The third kappa shape index (κ3) is 9.25. The summed E-state index contributed by atoms with van der Waals surface area (Å²) in [5.41, 5.74) is 16.8. The summed E-state index contributed by atoms with van der Waals surface area (Å²) in [6.45, 7) is 18.3. The molecule has 5 nitrogen and oxygen atoms in total. The zero-order chi connectivity index (χ0) is 47.9. The lowest BCUT2D eigenvalue weighted by Crippen LogP contribution is -2.16. The van der Waals surface area contributed by atoms with Gasteiger partial charge in [-0.1, -0.05) is 189 Å². The van der Waals surface area contributed by atoms with Crippen molar-refractivity contribution in [2.24, 2.45) is 0 Å². The molecule has 2 heterocycles. The van der Waals surface area contributed by atoms with Gasteiger partial charge in [-0.2, -0.15) is 0 Å². The van der Waals surface area contributed by atoms with Gasteiger partial charge in [0, 0.05) is 51.5 Å². The van der Waals surface area contributed by atoms with Gasteiger partial charge in [0.05, 0.1) is 28.1 Å². The highest BCUT2D eigenvalue weighted by Crippen LogP contribution is 2.44. The Balaban J connectivity index is 0.990. The lowest BCUT2D eigenvalue weighted by atomic mass is 9.78. The third-order valence-corrected chi connectivity index (χ3v) is 13.2. The van der Waals surface area contributed by atoms with E-state index < -0.39 is 0 Å². The Morgan fingerprint density at radius 1 is 0.464 bits per heavy atom. The maximum atomic E-state index is 6.72. The standard InChI is InChI=1S/C64H60N4O/c1-42(2)55-40-61(65-41-56(55)44-23-13-10-14-24-44)68-59-32-18-15-27-53(59)54-34-33-50(39-60(54)68)69-49-26-19-25-48(38-49)66-57-30-16-17-31-58(57)67-62-51(43-21-11-9-12-22-43)28-20-29-52(62)45-35-46(63(3,4)5)37-47(36-45)64(6,7)8/h9-42,66-67H,1-8H3. The highest BCUT2D eigenvalue weighted by molar-refractivity contribution is 6.09. The SMILES string of the molecule is CC(C)c1cc(-n2c3ccccc3c3ccc(Oc4cccc(Nc5ccccc5Nc5c(-c6ccccc6)cccc5-c5cc(C(C)(C)C)cc(C(C)(C)C)c5)c4)cc32)ncc1-c1ccccc1. The predicted octanol–water partition coefficient (Wildman–Crippen LogP) is 18.2. The molecule has 0 aliphatic carbocycles. The lowest BCUT2D eigenvalue weighted by molar-refractivity contribution is 0.483. The first-order chi connectivity index (χ1) is 33.3. The number of para-hydroxylation sites is 4. The summed E-state index contributed by atoms with van der Waals surface area (Å²) < 4.78 is 8.99. The molecule has 342 valence electrons. The summed E-state index contributed by atoms with van der Waals surface area (Å²) in [5, 5.41) is 10.0. The van der Waals surface area contributed by atoms with Crippen LogP contribution in [0.5, 0.6) is 11.5 Å². The monoisotopic (exact) mass is 900 g/mol. The molecule has 0 aliphatic heterocycles. The Hall–Kier alpha value is -7.89. The number of rotatable bonds is 11. The van der Waals surface area contributed by atoms with Crippen molar-refractivity contribution in [3.05, 3.63) is 217 Å². The number of pyridine rings is 1. The van der Waals surface area contributed by atoms with Crippen LogP contribution in [0.2, 0.25) is 0 Å². The largest absolute Gasteiger partial charge is 0.457 e. The van der Waals surface area contributed by atoms with Gasteiger partial charge in [-0.05, 0) is 98.7 Å². The molecule has 0 amide bonds. The van der Waals surface area contributed by atoms with E-state index in [0.29, 0.717) is 5.92 Å². The predicted molar refractivity (Wildman–Crippen MR) is 292 cm³/mol. The molecule has 2 aromatic heterocycles. The molecule has 0 bridgehead atoms. The van der Waals surface area contributed by atoms with E-state index in [9.17, 15) is 0 Å². The Morgan fingerprint density at radius 2 is 1.03 bits per heavy atom. The van der Waals surface area contributed by atoms with Gasteiger partial charge in [0.1, 0.15) is 17.3 Å². The summed E-state index contributed by atoms with van der Waals surface area (Å²) in [4.78, 5) is 5.11. The summed E-state index contributed by atoms with van der Waals surface area (Å²) >= 11 is 0. The number of hydrogen-bond acceptors (Lipinski definition) is 4. The second-order valence-corrected chi connectivity index (χ2v) is 20.5. The van der Waals surface area contributed by atoms with E-state index in [1.165, 1.54) is 33.2 Å². The topological polar surface area (TPSA) is 51.1 Å². The highest BCUT2D eigenvalue weighted by Gasteiger charge is 2.23.